The van der Waals surface area contributed by atoms with Gasteiger partial charge in [-0.05, 0) is 28.1 Å². The van der Waals surface area contributed by atoms with E-state index in [4.69, 9.17) is 9.88 Å². The highest BCUT2D eigenvalue weighted by atomic mass is 79.9. The topological polar surface area (TPSA) is 107 Å². The summed E-state index contributed by atoms with van der Waals surface area (Å²) in [4.78, 5) is 25.5. The molecule has 0 saturated carbocycles. The first-order valence-corrected chi connectivity index (χ1v) is 8.91. The van der Waals surface area contributed by atoms with Gasteiger partial charge in [0, 0.05) is 23.4 Å². The summed E-state index contributed by atoms with van der Waals surface area (Å²) in [7, 11) is -2.41. The van der Waals surface area contributed by atoms with Crippen molar-refractivity contribution in [2.75, 3.05) is 24.3 Å². The molecule has 1 aliphatic rings. The van der Waals surface area contributed by atoms with Crippen LogP contribution in [0.15, 0.2) is 22.7 Å². The number of para-hydroxylation sites is 1. The van der Waals surface area contributed by atoms with Crippen molar-refractivity contribution in [2.45, 2.75) is 6.42 Å². The maximum atomic E-state index is 12.2. The Hall–Kier alpha value is -1.45. The van der Waals surface area contributed by atoms with Crippen LogP contribution in [0, 0.1) is 5.92 Å². The van der Waals surface area contributed by atoms with Gasteiger partial charge in [0.15, 0.2) is 0 Å². The minimum atomic E-state index is -3.66. The van der Waals surface area contributed by atoms with Crippen LogP contribution in [0.1, 0.15) is 16.8 Å². The molecule has 0 aliphatic carbocycles. The van der Waals surface area contributed by atoms with E-state index in [1.807, 2.05) is 0 Å². The van der Waals surface area contributed by atoms with Crippen LogP contribution in [0.2, 0.25) is 0 Å². The number of hydrogen-bond donors (Lipinski definition) is 1. The molecular formula is C13H15BrN2O5S. The van der Waals surface area contributed by atoms with Gasteiger partial charge in [0.1, 0.15) is 0 Å². The van der Waals surface area contributed by atoms with Gasteiger partial charge in [-0.3, -0.25) is 4.79 Å². The van der Waals surface area contributed by atoms with Crippen LogP contribution >= 0.6 is 15.9 Å². The lowest BCUT2D eigenvalue weighted by molar-refractivity contribution is -0.117. The van der Waals surface area contributed by atoms with Gasteiger partial charge >= 0.3 is 5.97 Å². The molecule has 2 rings (SSSR count). The molecule has 1 aromatic carbocycles. The molecule has 22 heavy (non-hydrogen) atoms. The molecule has 1 fully saturated rings. The summed E-state index contributed by atoms with van der Waals surface area (Å²) < 4.78 is 27.7. The number of carbonyl (C=O) groups is 2. The number of esters is 1. The largest absolute Gasteiger partial charge is 0.465 e. The molecule has 1 aromatic rings. The molecule has 9 heteroatoms. The molecule has 1 unspecified atom stereocenters. The number of halogens is 1. The van der Waals surface area contributed by atoms with Crippen LogP contribution in [-0.2, 0) is 19.6 Å². The van der Waals surface area contributed by atoms with Gasteiger partial charge < -0.3 is 9.64 Å². The second-order valence-electron chi connectivity index (χ2n) is 5.03. The van der Waals surface area contributed by atoms with Crippen LogP contribution < -0.4 is 10.0 Å². The molecule has 2 N–H and O–H groups in total. The molecule has 0 aromatic heterocycles. The average molecular weight is 391 g/mol. The molecule has 0 radical (unpaired) electrons. The van der Waals surface area contributed by atoms with Crippen molar-refractivity contribution in [2.24, 2.45) is 11.1 Å². The number of primary sulfonamides is 1. The third-order valence-electron chi connectivity index (χ3n) is 3.34. The van der Waals surface area contributed by atoms with Crippen molar-refractivity contribution in [3.63, 3.8) is 0 Å². The standard InChI is InChI=1S/C13H15BrN2O5S/c1-21-13(18)9-3-2-4-10(14)12(9)16-6-8(5-11(16)17)7-22(15,19)20/h2-4,8H,5-7H2,1H3,(H2,15,19,20). The first-order valence-electron chi connectivity index (χ1n) is 6.40. The van der Waals surface area contributed by atoms with Gasteiger partial charge in [0.2, 0.25) is 15.9 Å². The van der Waals surface area contributed by atoms with Crippen LogP contribution in [-0.4, -0.2) is 39.7 Å². The monoisotopic (exact) mass is 390 g/mol. The number of anilines is 1. The van der Waals surface area contributed by atoms with Gasteiger partial charge in [-0.15, -0.1) is 0 Å². The first kappa shape index (κ1) is 16.9. The molecule has 0 bridgehead atoms. The van der Waals surface area contributed by atoms with Crippen molar-refractivity contribution in [1.82, 2.24) is 0 Å². The van der Waals surface area contributed by atoms with Crippen LogP contribution in [0.5, 0.6) is 0 Å². The lowest BCUT2D eigenvalue weighted by Gasteiger charge is -2.21. The number of ether oxygens (including phenoxy) is 1. The Bertz CT molecular complexity index is 719. The zero-order valence-corrected chi connectivity index (χ0v) is 14.2. The minimum absolute atomic E-state index is 0.0678. The highest BCUT2D eigenvalue weighted by molar-refractivity contribution is 9.10. The Balaban J connectivity index is 2.36. The number of nitrogens with two attached hydrogens (primary N) is 1. The third kappa shape index (κ3) is 3.65. The summed E-state index contributed by atoms with van der Waals surface area (Å²) >= 11 is 3.32. The predicted molar refractivity (Wildman–Crippen MR) is 83.9 cm³/mol. The van der Waals surface area contributed by atoms with Gasteiger partial charge in [-0.25, -0.2) is 18.4 Å². The molecule has 1 heterocycles. The van der Waals surface area contributed by atoms with E-state index in [-0.39, 0.29) is 30.2 Å². The predicted octanol–water partition coefficient (Wildman–Crippen LogP) is 0.877. The normalized spacial score (nSPS) is 18.6. The molecule has 120 valence electrons. The summed E-state index contributed by atoms with van der Waals surface area (Å²) in [5.74, 6) is -1.50. The SMILES string of the molecule is COC(=O)c1cccc(Br)c1N1CC(CS(N)(=O)=O)CC1=O. The van der Waals surface area contributed by atoms with Crippen molar-refractivity contribution in [3.05, 3.63) is 28.2 Å². The third-order valence-corrected chi connectivity index (χ3v) is 4.91. The quantitative estimate of drug-likeness (QED) is 0.767. The van der Waals surface area contributed by atoms with E-state index in [0.29, 0.717) is 10.2 Å². The Kier molecular flexibility index (Phi) is 4.88. The number of hydrogen-bond acceptors (Lipinski definition) is 5. The first-order chi connectivity index (χ1) is 10.2. The van der Waals surface area contributed by atoms with Crippen LogP contribution in [0.3, 0.4) is 0 Å². The number of benzene rings is 1. The maximum absolute atomic E-state index is 12.2. The second kappa shape index (κ2) is 6.35. The summed E-state index contributed by atoms with van der Waals surface area (Å²) in [5, 5.41) is 5.03. The fourth-order valence-corrected chi connectivity index (χ4v) is 3.96. The smallest absolute Gasteiger partial charge is 0.340 e. The molecule has 1 atom stereocenters. The van der Waals surface area contributed by atoms with Crippen molar-refractivity contribution in [1.29, 1.82) is 0 Å². The average Bonchev–Trinajstić information content (AvgIpc) is 2.75. The number of carbonyl (C=O) groups excluding carboxylic acids is 2. The zero-order valence-electron chi connectivity index (χ0n) is 11.8. The molecule has 1 amide bonds. The maximum Gasteiger partial charge on any atom is 0.340 e. The Morgan fingerprint density at radius 2 is 2.18 bits per heavy atom. The Labute approximate surface area is 136 Å². The fraction of sp³-hybridized carbons (Fsp3) is 0.385. The van der Waals surface area contributed by atoms with Gasteiger partial charge in [0.25, 0.3) is 0 Å². The lowest BCUT2D eigenvalue weighted by Crippen LogP contribution is -2.29. The van der Waals surface area contributed by atoms with Crippen molar-refractivity contribution < 1.29 is 22.7 Å². The Morgan fingerprint density at radius 1 is 1.50 bits per heavy atom. The lowest BCUT2D eigenvalue weighted by atomic mass is 10.1. The highest BCUT2D eigenvalue weighted by Crippen LogP contribution is 2.35. The van der Waals surface area contributed by atoms with Crippen LogP contribution in [0.4, 0.5) is 5.69 Å². The minimum Gasteiger partial charge on any atom is -0.465 e. The molecular weight excluding hydrogens is 376 g/mol. The van der Waals surface area contributed by atoms with Gasteiger partial charge in [0.05, 0.1) is 24.1 Å². The van der Waals surface area contributed by atoms with E-state index in [1.165, 1.54) is 12.0 Å². The van der Waals surface area contributed by atoms with E-state index in [2.05, 4.69) is 15.9 Å². The molecule has 7 nitrogen and oxygen atoms in total. The van der Waals surface area contributed by atoms with Crippen LogP contribution in [0.25, 0.3) is 0 Å². The highest BCUT2D eigenvalue weighted by Gasteiger charge is 2.35. The van der Waals surface area contributed by atoms with E-state index in [0.717, 1.165) is 0 Å². The number of methoxy groups -OCH3 is 1. The van der Waals surface area contributed by atoms with E-state index >= 15 is 0 Å². The zero-order chi connectivity index (χ0) is 16.5. The van der Waals surface area contributed by atoms with E-state index in [9.17, 15) is 18.0 Å². The second-order valence-corrected chi connectivity index (χ2v) is 7.54. The van der Waals surface area contributed by atoms with Crippen molar-refractivity contribution in [3.8, 4) is 0 Å². The Morgan fingerprint density at radius 3 is 2.77 bits per heavy atom. The van der Waals surface area contributed by atoms with E-state index in [1.54, 1.807) is 18.2 Å². The number of rotatable bonds is 4. The summed E-state index contributed by atoms with van der Waals surface area (Å²) in [6, 6.07) is 4.90. The van der Waals surface area contributed by atoms with E-state index < -0.39 is 21.9 Å². The number of amides is 1. The summed E-state index contributed by atoms with van der Waals surface area (Å²) in [6.07, 6.45) is 0.0678. The molecule has 1 saturated heterocycles. The summed E-state index contributed by atoms with van der Waals surface area (Å²) in [6.45, 7) is 0.182. The van der Waals surface area contributed by atoms with Crippen molar-refractivity contribution >= 4 is 43.5 Å². The van der Waals surface area contributed by atoms with Gasteiger partial charge in [-0.2, -0.15) is 0 Å². The summed E-state index contributed by atoms with van der Waals surface area (Å²) in [5.41, 5.74) is 0.623. The number of sulfonamides is 1. The molecule has 0 spiro atoms. The number of nitrogens with zero attached hydrogens (tertiary/aromatic N) is 1. The molecule has 1 aliphatic heterocycles. The fourth-order valence-electron chi connectivity index (χ4n) is 2.50. The van der Waals surface area contributed by atoms with Gasteiger partial charge in [-0.1, -0.05) is 6.07 Å².